The minimum atomic E-state index is -3.79. The van der Waals surface area contributed by atoms with Crippen LogP contribution in [0.2, 0.25) is 0 Å². The summed E-state index contributed by atoms with van der Waals surface area (Å²) in [6, 6.07) is 10.1. The van der Waals surface area contributed by atoms with Crippen molar-refractivity contribution in [3.63, 3.8) is 0 Å². The highest BCUT2D eigenvalue weighted by Crippen LogP contribution is 2.30. The van der Waals surface area contributed by atoms with Gasteiger partial charge in [0, 0.05) is 24.8 Å². The second-order valence-electron chi connectivity index (χ2n) is 5.79. The summed E-state index contributed by atoms with van der Waals surface area (Å²) in [5.74, 6) is 0.0588. The van der Waals surface area contributed by atoms with E-state index in [2.05, 4.69) is 13.5 Å². The SMILES string of the molecule is CN1C(=O)CCc2cc(NS(=O)(=O)c3cccc4nsnc34)ccc21. The number of anilines is 2. The van der Waals surface area contributed by atoms with Crippen LogP contribution in [0.25, 0.3) is 11.0 Å². The molecular weight excluding hydrogens is 360 g/mol. The molecule has 0 spiro atoms. The molecule has 0 bridgehead atoms. The van der Waals surface area contributed by atoms with Gasteiger partial charge < -0.3 is 4.90 Å². The number of benzene rings is 2. The monoisotopic (exact) mass is 374 g/mol. The molecule has 4 rings (SSSR count). The molecule has 0 saturated heterocycles. The molecule has 0 saturated carbocycles. The molecule has 128 valence electrons. The summed E-state index contributed by atoms with van der Waals surface area (Å²) in [5.41, 5.74) is 3.13. The molecule has 3 aromatic rings. The zero-order valence-corrected chi connectivity index (χ0v) is 14.9. The number of amides is 1. The highest BCUT2D eigenvalue weighted by atomic mass is 32.2. The topological polar surface area (TPSA) is 92.3 Å². The van der Waals surface area contributed by atoms with Gasteiger partial charge in [0.05, 0.1) is 11.7 Å². The normalized spacial score (nSPS) is 14.6. The van der Waals surface area contributed by atoms with Crippen molar-refractivity contribution in [1.82, 2.24) is 8.75 Å². The first-order valence-corrected chi connectivity index (χ1v) is 9.81. The molecule has 1 aliphatic heterocycles. The van der Waals surface area contributed by atoms with Crippen LogP contribution in [0.15, 0.2) is 41.3 Å². The van der Waals surface area contributed by atoms with Crippen molar-refractivity contribution >= 4 is 50.1 Å². The standard InChI is InChI=1S/C16H14N4O3S2/c1-20-13-7-6-11(9-10(13)5-8-15(20)21)19-25(22,23)14-4-2-3-12-16(14)18-24-17-12/h2-4,6-7,9,19H,5,8H2,1H3. The van der Waals surface area contributed by atoms with Crippen molar-refractivity contribution in [3.8, 4) is 0 Å². The molecule has 7 nitrogen and oxygen atoms in total. The van der Waals surface area contributed by atoms with Crippen LogP contribution < -0.4 is 9.62 Å². The Morgan fingerprint density at radius 2 is 2.00 bits per heavy atom. The Kier molecular flexibility index (Phi) is 3.69. The Balaban J connectivity index is 1.70. The van der Waals surface area contributed by atoms with Gasteiger partial charge in [0.1, 0.15) is 15.9 Å². The largest absolute Gasteiger partial charge is 0.315 e. The molecule has 0 aliphatic carbocycles. The summed E-state index contributed by atoms with van der Waals surface area (Å²) < 4.78 is 36.3. The number of fused-ring (bicyclic) bond motifs is 2. The van der Waals surface area contributed by atoms with Crippen LogP contribution >= 0.6 is 11.7 Å². The van der Waals surface area contributed by atoms with Crippen molar-refractivity contribution in [2.45, 2.75) is 17.7 Å². The predicted molar refractivity (Wildman–Crippen MR) is 96.4 cm³/mol. The molecule has 2 heterocycles. The average molecular weight is 374 g/mol. The fourth-order valence-corrected chi connectivity index (χ4v) is 4.75. The highest BCUT2D eigenvalue weighted by Gasteiger charge is 2.23. The van der Waals surface area contributed by atoms with Crippen LogP contribution in [0.5, 0.6) is 0 Å². The molecule has 1 aliphatic rings. The van der Waals surface area contributed by atoms with Gasteiger partial charge in [-0.15, -0.1) is 0 Å². The maximum absolute atomic E-state index is 12.8. The molecule has 1 amide bonds. The number of rotatable bonds is 3. The van der Waals surface area contributed by atoms with Gasteiger partial charge in [-0.05, 0) is 42.3 Å². The number of sulfonamides is 1. The first kappa shape index (κ1) is 16.0. The zero-order valence-electron chi connectivity index (χ0n) is 13.3. The van der Waals surface area contributed by atoms with E-state index in [1.165, 1.54) is 6.07 Å². The summed E-state index contributed by atoms with van der Waals surface area (Å²) in [6.07, 6.45) is 1.02. The van der Waals surface area contributed by atoms with E-state index in [0.717, 1.165) is 23.0 Å². The minimum absolute atomic E-state index is 0.0588. The van der Waals surface area contributed by atoms with E-state index in [1.807, 2.05) is 0 Å². The van der Waals surface area contributed by atoms with Crippen LogP contribution in [0.3, 0.4) is 0 Å². The summed E-state index contributed by atoms with van der Waals surface area (Å²) >= 11 is 0.979. The van der Waals surface area contributed by atoms with Gasteiger partial charge in [0.25, 0.3) is 10.0 Å². The minimum Gasteiger partial charge on any atom is -0.315 e. The van der Waals surface area contributed by atoms with Crippen LogP contribution in [0.1, 0.15) is 12.0 Å². The molecule has 0 unspecified atom stereocenters. The highest BCUT2D eigenvalue weighted by molar-refractivity contribution is 7.93. The molecule has 0 radical (unpaired) electrons. The Morgan fingerprint density at radius 1 is 1.16 bits per heavy atom. The van der Waals surface area contributed by atoms with Gasteiger partial charge in [0.15, 0.2) is 0 Å². The number of carbonyl (C=O) groups is 1. The quantitative estimate of drug-likeness (QED) is 0.760. The number of nitrogens with one attached hydrogen (secondary N) is 1. The number of carbonyl (C=O) groups excluding carboxylic acids is 1. The summed E-state index contributed by atoms with van der Waals surface area (Å²) in [7, 11) is -2.06. The van der Waals surface area contributed by atoms with Gasteiger partial charge in [-0.1, -0.05) is 6.07 Å². The zero-order chi connectivity index (χ0) is 17.6. The summed E-state index contributed by atoms with van der Waals surface area (Å²) in [5, 5.41) is 0. The van der Waals surface area contributed by atoms with Gasteiger partial charge in [-0.25, -0.2) is 8.42 Å². The number of aromatic nitrogens is 2. The lowest BCUT2D eigenvalue weighted by atomic mass is 10.0. The number of aryl methyl sites for hydroxylation is 1. The predicted octanol–water partition coefficient (Wildman–Crippen LogP) is 2.40. The number of hydrogen-bond acceptors (Lipinski definition) is 6. The molecule has 0 atom stereocenters. The van der Waals surface area contributed by atoms with Crippen LogP contribution in [0, 0.1) is 0 Å². The smallest absolute Gasteiger partial charge is 0.264 e. The third-order valence-electron chi connectivity index (χ3n) is 4.21. The average Bonchev–Trinajstić information content (AvgIpc) is 3.06. The first-order chi connectivity index (χ1) is 12.0. The van der Waals surface area contributed by atoms with Crippen molar-refractivity contribution in [1.29, 1.82) is 0 Å². The lowest BCUT2D eigenvalue weighted by molar-refractivity contribution is -0.118. The lowest BCUT2D eigenvalue weighted by Gasteiger charge is -2.26. The number of hydrogen-bond donors (Lipinski definition) is 1. The molecule has 2 aromatic carbocycles. The summed E-state index contributed by atoms with van der Waals surface area (Å²) in [6.45, 7) is 0. The van der Waals surface area contributed by atoms with Gasteiger partial charge in [-0.2, -0.15) is 8.75 Å². The first-order valence-electron chi connectivity index (χ1n) is 7.59. The van der Waals surface area contributed by atoms with E-state index in [4.69, 9.17) is 0 Å². The van der Waals surface area contributed by atoms with E-state index in [0.29, 0.717) is 29.6 Å². The third-order valence-corrected chi connectivity index (χ3v) is 6.17. The Hall–Kier alpha value is -2.52. The third kappa shape index (κ3) is 2.75. The Morgan fingerprint density at radius 3 is 2.84 bits per heavy atom. The fraction of sp³-hybridized carbons (Fsp3) is 0.188. The molecular formula is C16H14N4O3S2. The second-order valence-corrected chi connectivity index (χ2v) is 7.97. The molecule has 9 heteroatoms. The molecule has 0 fully saturated rings. The van der Waals surface area contributed by atoms with Gasteiger partial charge >= 0.3 is 0 Å². The number of nitrogens with zero attached hydrogens (tertiary/aromatic N) is 3. The fourth-order valence-electron chi connectivity index (χ4n) is 2.93. The van der Waals surface area contributed by atoms with Crippen molar-refractivity contribution < 1.29 is 13.2 Å². The van der Waals surface area contributed by atoms with E-state index >= 15 is 0 Å². The van der Waals surface area contributed by atoms with E-state index < -0.39 is 10.0 Å². The van der Waals surface area contributed by atoms with E-state index in [9.17, 15) is 13.2 Å². The Labute approximate surface area is 148 Å². The Bertz CT molecular complexity index is 1090. The van der Waals surface area contributed by atoms with Crippen LogP contribution in [-0.4, -0.2) is 30.1 Å². The second kappa shape index (κ2) is 5.78. The van der Waals surface area contributed by atoms with Gasteiger partial charge in [-0.3, -0.25) is 9.52 Å². The molecule has 1 N–H and O–H groups in total. The van der Waals surface area contributed by atoms with Crippen molar-refractivity contribution in [2.24, 2.45) is 0 Å². The van der Waals surface area contributed by atoms with Gasteiger partial charge in [0.2, 0.25) is 5.91 Å². The maximum Gasteiger partial charge on any atom is 0.264 e. The lowest BCUT2D eigenvalue weighted by Crippen LogP contribution is -2.31. The van der Waals surface area contributed by atoms with Crippen LogP contribution in [0.4, 0.5) is 11.4 Å². The molecule has 1 aromatic heterocycles. The van der Waals surface area contributed by atoms with Crippen molar-refractivity contribution in [2.75, 3.05) is 16.7 Å². The maximum atomic E-state index is 12.8. The molecule has 25 heavy (non-hydrogen) atoms. The van der Waals surface area contributed by atoms with E-state index in [1.54, 1.807) is 42.3 Å². The summed E-state index contributed by atoms with van der Waals surface area (Å²) in [4.78, 5) is 13.5. The van der Waals surface area contributed by atoms with Crippen LogP contribution in [-0.2, 0) is 21.2 Å². The van der Waals surface area contributed by atoms with E-state index in [-0.39, 0.29) is 10.8 Å². The van der Waals surface area contributed by atoms with Crippen molar-refractivity contribution in [3.05, 3.63) is 42.0 Å².